The molecule has 1 unspecified atom stereocenters. The minimum atomic E-state index is -0.770. The van der Waals surface area contributed by atoms with Gasteiger partial charge in [-0.25, -0.2) is 0 Å². The van der Waals surface area contributed by atoms with Crippen LogP contribution < -0.4 is 9.47 Å². The van der Waals surface area contributed by atoms with E-state index < -0.39 is 17.7 Å². The van der Waals surface area contributed by atoms with E-state index in [1.165, 1.54) is 4.90 Å². The molecule has 2 aromatic rings. The van der Waals surface area contributed by atoms with Gasteiger partial charge in [0.2, 0.25) is 0 Å². The van der Waals surface area contributed by atoms with Gasteiger partial charge >= 0.3 is 0 Å². The summed E-state index contributed by atoms with van der Waals surface area (Å²) in [6.07, 6.45) is 1.39. The first-order chi connectivity index (χ1) is 16.4. The number of ether oxygens (including phenoxy) is 3. The van der Waals surface area contributed by atoms with Gasteiger partial charge in [-0.05, 0) is 55.7 Å². The van der Waals surface area contributed by atoms with Crippen LogP contribution in [0.25, 0.3) is 5.76 Å². The summed E-state index contributed by atoms with van der Waals surface area (Å²) >= 11 is 6.19. The Labute approximate surface area is 204 Å². The van der Waals surface area contributed by atoms with Crippen LogP contribution in [0.1, 0.15) is 43.9 Å². The highest BCUT2D eigenvalue weighted by molar-refractivity contribution is 6.46. The summed E-state index contributed by atoms with van der Waals surface area (Å²) in [7, 11) is 1.58. The van der Waals surface area contributed by atoms with Gasteiger partial charge in [-0.2, -0.15) is 0 Å². The SMILES string of the molecule is CCCOc1cccc(C2/C(=C(/O)c3ccc(Cl)c(OCC)c3)C(=O)C(=O)N2CCCOC)c1. The van der Waals surface area contributed by atoms with Gasteiger partial charge in [0.05, 0.1) is 29.9 Å². The molecular weight excluding hydrogens is 458 g/mol. The fourth-order valence-corrected chi connectivity index (χ4v) is 4.08. The third-order valence-electron chi connectivity index (χ3n) is 5.44. The molecule has 1 N–H and O–H groups in total. The van der Waals surface area contributed by atoms with Crippen molar-refractivity contribution in [2.45, 2.75) is 32.7 Å². The summed E-state index contributed by atoms with van der Waals surface area (Å²) in [5.41, 5.74) is 1.02. The number of ketones is 1. The van der Waals surface area contributed by atoms with Crippen molar-refractivity contribution in [3.05, 3.63) is 64.2 Å². The maximum atomic E-state index is 13.2. The first-order valence-electron chi connectivity index (χ1n) is 11.4. The van der Waals surface area contributed by atoms with Gasteiger partial charge in [0.1, 0.15) is 17.3 Å². The van der Waals surface area contributed by atoms with E-state index >= 15 is 0 Å². The highest BCUT2D eigenvalue weighted by atomic mass is 35.5. The van der Waals surface area contributed by atoms with Crippen LogP contribution in [-0.4, -0.2) is 55.2 Å². The van der Waals surface area contributed by atoms with Crippen LogP contribution in [0.4, 0.5) is 0 Å². The molecule has 1 heterocycles. The van der Waals surface area contributed by atoms with Crippen LogP contribution in [0.2, 0.25) is 5.02 Å². The monoisotopic (exact) mass is 487 g/mol. The Bertz CT molecular complexity index is 1070. The summed E-state index contributed by atoms with van der Waals surface area (Å²) in [6.45, 7) is 5.50. The van der Waals surface area contributed by atoms with Crippen LogP contribution in [0.15, 0.2) is 48.0 Å². The van der Waals surface area contributed by atoms with Gasteiger partial charge in [0.25, 0.3) is 11.7 Å². The van der Waals surface area contributed by atoms with Crippen LogP contribution >= 0.6 is 11.6 Å². The van der Waals surface area contributed by atoms with Gasteiger partial charge < -0.3 is 24.2 Å². The Morgan fingerprint density at radius 3 is 2.59 bits per heavy atom. The van der Waals surface area contributed by atoms with Gasteiger partial charge in [0, 0.05) is 25.8 Å². The number of hydrogen-bond donors (Lipinski definition) is 1. The number of aliphatic hydroxyl groups excluding tert-OH is 1. The molecule has 182 valence electrons. The molecule has 3 rings (SSSR count). The van der Waals surface area contributed by atoms with Crippen LogP contribution in [0.5, 0.6) is 11.5 Å². The Morgan fingerprint density at radius 2 is 1.88 bits per heavy atom. The van der Waals surface area contributed by atoms with Crippen molar-refractivity contribution in [1.82, 2.24) is 4.90 Å². The lowest BCUT2D eigenvalue weighted by Crippen LogP contribution is -2.31. The molecule has 1 saturated heterocycles. The maximum Gasteiger partial charge on any atom is 0.295 e. The van der Waals surface area contributed by atoms with Crippen molar-refractivity contribution < 1.29 is 28.9 Å². The number of rotatable bonds is 11. The van der Waals surface area contributed by atoms with E-state index in [2.05, 4.69) is 0 Å². The Hall–Kier alpha value is -3.03. The number of Topliss-reactive ketones (excluding diaryl/α,β-unsaturated/α-hetero) is 1. The predicted molar refractivity (Wildman–Crippen MR) is 130 cm³/mol. The topological polar surface area (TPSA) is 85.3 Å². The molecule has 0 radical (unpaired) electrons. The van der Waals surface area contributed by atoms with E-state index in [9.17, 15) is 14.7 Å². The van der Waals surface area contributed by atoms with E-state index in [-0.39, 0.29) is 11.3 Å². The number of carbonyl (C=O) groups is 2. The molecule has 34 heavy (non-hydrogen) atoms. The van der Waals surface area contributed by atoms with Gasteiger partial charge in [-0.3, -0.25) is 9.59 Å². The smallest absolute Gasteiger partial charge is 0.295 e. The Morgan fingerprint density at radius 1 is 1.09 bits per heavy atom. The van der Waals surface area contributed by atoms with E-state index in [0.29, 0.717) is 60.4 Å². The highest BCUT2D eigenvalue weighted by Crippen LogP contribution is 2.41. The van der Waals surface area contributed by atoms with Crippen molar-refractivity contribution >= 4 is 29.1 Å². The van der Waals surface area contributed by atoms with Gasteiger partial charge in [-0.1, -0.05) is 30.7 Å². The fraction of sp³-hybridized carbons (Fsp3) is 0.385. The first kappa shape index (κ1) is 25.6. The van der Waals surface area contributed by atoms with Crippen LogP contribution in [-0.2, 0) is 14.3 Å². The molecule has 1 aliphatic heterocycles. The molecule has 0 aromatic heterocycles. The number of methoxy groups -OCH3 is 1. The number of nitrogens with zero attached hydrogens (tertiary/aromatic N) is 1. The van der Waals surface area contributed by atoms with Gasteiger partial charge in [-0.15, -0.1) is 0 Å². The third-order valence-corrected chi connectivity index (χ3v) is 5.75. The molecule has 1 amide bonds. The Balaban J connectivity index is 2.12. The van der Waals surface area contributed by atoms with E-state index in [4.69, 9.17) is 25.8 Å². The summed E-state index contributed by atoms with van der Waals surface area (Å²) in [5, 5.41) is 11.6. The second-order valence-electron chi connectivity index (χ2n) is 7.84. The van der Waals surface area contributed by atoms with Gasteiger partial charge in [0.15, 0.2) is 0 Å². The van der Waals surface area contributed by atoms with Crippen molar-refractivity contribution in [3.8, 4) is 11.5 Å². The molecular formula is C26H30ClNO6. The zero-order valence-electron chi connectivity index (χ0n) is 19.7. The number of amides is 1. The average Bonchev–Trinajstić information content (AvgIpc) is 3.09. The molecule has 8 heteroatoms. The molecule has 1 aliphatic rings. The molecule has 1 atom stereocenters. The van der Waals surface area contributed by atoms with Crippen LogP contribution in [0, 0.1) is 0 Å². The van der Waals surface area contributed by atoms with E-state index in [1.54, 1.807) is 31.4 Å². The number of likely N-dealkylation sites (tertiary alicyclic amines) is 1. The number of hydrogen-bond acceptors (Lipinski definition) is 6. The largest absolute Gasteiger partial charge is 0.507 e. The molecule has 2 aromatic carbocycles. The second kappa shape index (κ2) is 11.9. The van der Waals surface area contributed by atoms with E-state index in [0.717, 1.165) is 6.42 Å². The number of halogens is 1. The molecule has 7 nitrogen and oxygen atoms in total. The third kappa shape index (κ3) is 5.54. The average molecular weight is 488 g/mol. The minimum absolute atomic E-state index is 0.0137. The molecule has 0 aliphatic carbocycles. The summed E-state index contributed by atoms with van der Waals surface area (Å²) in [4.78, 5) is 27.7. The standard InChI is InChI=1S/C26H30ClNO6/c1-4-13-34-19-9-6-8-17(15-19)23-22(25(30)26(31)28(23)12-7-14-32-3)24(29)18-10-11-20(27)21(16-18)33-5-2/h6,8-11,15-16,23,29H,4-5,7,12-14H2,1-3H3/b24-22-. The van der Waals surface area contributed by atoms with Crippen molar-refractivity contribution in [3.63, 3.8) is 0 Å². The lowest BCUT2D eigenvalue weighted by Gasteiger charge is -2.25. The summed E-state index contributed by atoms with van der Waals surface area (Å²) in [6, 6.07) is 11.2. The highest BCUT2D eigenvalue weighted by Gasteiger charge is 2.46. The van der Waals surface area contributed by atoms with Crippen LogP contribution in [0.3, 0.4) is 0 Å². The first-order valence-corrected chi connectivity index (χ1v) is 11.7. The van der Waals surface area contributed by atoms with Crippen molar-refractivity contribution in [2.24, 2.45) is 0 Å². The zero-order chi connectivity index (χ0) is 24.7. The minimum Gasteiger partial charge on any atom is -0.507 e. The molecule has 0 saturated carbocycles. The normalized spacial score (nSPS) is 17.3. The predicted octanol–water partition coefficient (Wildman–Crippen LogP) is 4.99. The van der Waals surface area contributed by atoms with Crippen molar-refractivity contribution in [2.75, 3.05) is 33.5 Å². The molecule has 1 fully saturated rings. The second-order valence-corrected chi connectivity index (χ2v) is 8.25. The number of carbonyl (C=O) groups excluding carboxylic acids is 2. The quantitative estimate of drug-likeness (QED) is 0.208. The van der Waals surface area contributed by atoms with Crippen molar-refractivity contribution in [1.29, 1.82) is 0 Å². The lowest BCUT2D eigenvalue weighted by atomic mass is 9.95. The number of benzene rings is 2. The zero-order valence-corrected chi connectivity index (χ0v) is 20.4. The fourth-order valence-electron chi connectivity index (χ4n) is 3.90. The molecule has 0 spiro atoms. The Kier molecular flexibility index (Phi) is 8.96. The van der Waals surface area contributed by atoms with E-state index in [1.807, 2.05) is 32.0 Å². The summed E-state index contributed by atoms with van der Waals surface area (Å²) in [5.74, 6) is -0.676. The number of aliphatic hydroxyl groups is 1. The lowest BCUT2D eigenvalue weighted by molar-refractivity contribution is -0.140. The maximum absolute atomic E-state index is 13.2. The molecule has 0 bridgehead atoms. The summed E-state index contributed by atoms with van der Waals surface area (Å²) < 4.78 is 16.4.